The molecule has 164 valence electrons. The molecule has 1 atom stereocenters. The number of piperidine rings is 1. The fourth-order valence-electron chi connectivity index (χ4n) is 4.15. The van der Waals surface area contributed by atoms with Crippen LogP contribution in [0.4, 0.5) is 14.9 Å². The van der Waals surface area contributed by atoms with Gasteiger partial charge in [-0.15, -0.1) is 0 Å². The molecule has 0 saturated carbocycles. The number of carbonyl (C=O) groups excluding carboxylic acids is 2. The Morgan fingerprint density at radius 2 is 2.10 bits per heavy atom. The molecule has 1 aromatic heterocycles. The zero-order chi connectivity index (χ0) is 21.8. The summed E-state index contributed by atoms with van der Waals surface area (Å²) in [5, 5.41) is 2.63. The number of hydrogen-bond donors (Lipinski definition) is 1. The SMILES string of the molecule is CC(=O)NCC1CN(c2ccc(C3CCN(Cc4cnccn4)CC3)c(F)c2)C(=O)O1. The smallest absolute Gasteiger partial charge is 0.414 e. The number of likely N-dealkylation sites (tertiary alicyclic amines) is 1. The number of ether oxygens (including phenoxy) is 1. The van der Waals surface area contributed by atoms with E-state index in [9.17, 15) is 14.0 Å². The number of nitrogens with one attached hydrogen (secondary N) is 1. The van der Waals surface area contributed by atoms with Crippen molar-refractivity contribution in [1.29, 1.82) is 0 Å². The molecule has 31 heavy (non-hydrogen) atoms. The summed E-state index contributed by atoms with van der Waals surface area (Å²) in [4.78, 5) is 35.3. The van der Waals surface area contributed by atoms with Crippen molar-refractivity contribution in [3.63, 3.8) is 0 Å². The van der Waals surface area contributed by atoms with Gasteiger partial charge in [-0.1, -0.05) is 6.07 Å². The van der Waals surface area contributed by atoms with Crippen LogP contribution in [0.1, 0.15) is 36.9 Å². The first kappa shape index (κ1) is 21.2. The first-order chi connectivity index (χ1) is 15.0. The molecule has 3 heterocycles. The lowest BCUT2D eigenvalue weighted by molar-refractivity contribution is -0.119. The minimum Gasteiger partial charge on any atom is -0.442 e. The molecular weight excluding hydrogens is 401 g/mol. The second-order valence-corrected chi connectivity index (χ2v) is 8.01. The molecule has 2 aromatic rings. The zero-order valence-corrected chi connectivity index (χ0v) is 17.5. The maximum Gasteiger partial charge on any atom is 0.414 e. The quantitative estimate of drug-likeness (QED) is 0.762. The average molecular weight is 427 g/mol. The number of nitrogens with zero attached hydrogens (tertiary/aromatic N) is 4. The highest BCUT2D eigenvalue weighted by Gasteiger charge is 2.33. The Balaban J connectivity index is 1.35. The fraction of sp³-hybridized carbons (Fsp3) is 0.455. The summed E-state index contributed by atoms with van der Waals surface area (Å²) in [6.07, 6.45) is 5.87. The van der Waals surface area contributed by atoms with Crippen molar-refractivity contribution >= 4 is 17.7 Å². The van der Waals surface area contributed by atoms with Gasteiger partial charge in [0, 0.05) is 32.1 Å². The van der Waals surface area contributed by atoms with E-state index in [0.717, 1.165) is 38.2 Å². The van der Waals surface area contributed by atoms with Gasteiger partial charge in [0.05, 0.1) is 24.5 Å². The van der Waals surface area contributed by atoms with Gasteiger partial charge in [0.1, 0.15) is 11.9 Å². The van der Waals surface area contributed by atoms with Crippen LogP contribution in [0.2, 0.25) is 0 Å². The van der Waals surface area contributed by atoms with E-state index in [1.807, 2.05) is 0 Å². The second-order valence-electron chi connectivity index (χ2n) is 8.01. The minimum absolute atomic E-state index is 0.144. The van der Waals surface area contributed by atoms with Crippen LogP contribution in [-0.2, 0) is 16.1 Å². The van der Waals surface area contributed by atoms with Gasteiger partial charge < -0.3 is 10.1 Å². The number of hydrogen-bond acceptors (Lipinski definition) is 6. The summed E-state index contributed by atoms with van der Waals surface area (Å²) in [6.45, 7) is 4.41. The van der Waals surface area contributed by atoms with E-state index >= 15 is 0 Å². The van der Waals surface area contributed by atoms with E-state index in [1.54, 1.807) is 30.7 Å². The monoisotopic (exact) mass is 427 g/mol. The number of aromatic nitrogens is 2. The Morgan fingerprint density at radius 3 is 2.77 bits per heavy atom. The van der Waals surface area contributed by atoms with Crippen molar-refractivity contribution in [3.05, 3.63) is 53.9 Å². The molecule has 0 aliphatic carbocycles. The van der Waals surface area contributed by atoms with E-state index in [2.05, 4.69) is 20.2 Å². The Morgan fingerprint density at radius 1 is 1.29 bits per heavy atom. The number of benzene rings is 1. The van der Waals surface area contributed by atoms with Gasteiger partial charge in [0.25, 0.3) is 0 Å². The molecule has 0 spiro atoms. The molecule has 2 fully saturated rings. The molecule has 2 amide bonds. The topological polar surface area (TPSA) is 87.7 Å². The molecule has 4 rings (SSSR count). The number of anilines is 1. The lowest BCUT2D eigenvalue weighted by atomic mass is 9.89. The lowest BCUT2D eigenvalue weighted by Gasteiger charge is -2.32. The summed E-state index contributed by atoms with van der Waals surface area (Å²) in [6, 6.07) is 4.96. The third-order valence-electron chi connectivity index (χ3n) is 5.78. The van der Waals surface area contributed by atoms with Crippen LogP contribution >= 0.6 is 0 Å². The van der Waals surface area contributed by atoms with Crippen molar-refractivity contribution < 1.29 is 18.7 Å². The van der Waals surface area contributed by atoms with Crippen LogP contribution in [0.3, 0.4) is 0 Å². The Bertz CT molecular complexity index is 934. The van der Waals surface area contributed by atoms with Crippen LogP contribution in [0.5, 0.6) is 0 Å². The first-order valence-electron chi connectivity index (χ1n) is 10.5. The van der Waals surface area contributed by atoms with Gasteiger partial charge in [0.2, 0.25) is 5.91 Å². The molecule has 1 N–H and O–H groups in total. The van der Waals surface area contributed by atoms with Gasteiger partial charge in [-0.05, 0) is 49.5 Å². The van der Waals surface area contributed by atoms with Gasteiger partial charge >= 0.3 is 6.09 Å². The molecular formula is C22H26FN5O3. The molecule has 9 heteroatoms. The largest absolute Gasteiger partial charge is 0.442 e. The summed E-state index contributed by atoms with van der Waals surface area (Å²) >= 11 is 0. The summed E-state index contributed by atoms with van der Waals surface area (Å²) < 4.78 is 20.2. The predicted molar refractivity (Wildman–Crippen MR) is 112 cm³/mol. The molecule has 2 saturated heterocycles. The number of amides is 2. The number of cyclic esters (lactones) is 1. The number of halogens is 1. The normalized spacial score (nSPS) is 20.0. The summed E-state index contributed by atoms with van der Waals surface area (Å²) in [7, 11) is 0. The van der Waals surface area contributed by atoms with E-state index in [-0.39, 0.29) is 30.7 Å². The van der Waals surface area contributed by atoms with Crippen LogP contribution < -0.4 is 10.2 Å². The Labute approximate surface area is 180 Å². The van der Waals surface area contributed by atoms with Crippen molar-refractivity contribution in [2.45, 2.75) is 38.3 Å². The van der Waals surface area contributed by atoms with E-state index in [4.69, 9.17) is 4.74 Å². The molecule has 1 aromatic carbocycles. The van der Waals surface area contributed by atoms with Gasteiger partial charge in [-0.25, -0.2) is 9.18 Å². The molecule has 0 radical (unpaired) electrons. The standard InChI is InChI=1S/C22H26FN5O3/c1-15(29)26-12-19-14-28(22(30)31-19)18-2-3-20(21(23)10-18)16-4-8-27(9-5-16)13-17-11-24-6-7-25-17/h2-3,6-7,10-11,16,19H,4-5,8-9,12-14H2,1H3,(H,26,29). The van der Waals surface area contributed by atoms with Crippen molar-refractivity contribution in [2.75, 3.05) is 31.1 Å². The lowest BCUT2D eigenvalue weighted by Crippen LogP contribution is -2.33. The molecule has 2 aliphatic rings. The molecule has 0 bridgehead atoms. The molecule has 2 aliphatic heterocycles. The highest BCUT2D eigenvalue weighted by molar-refractivity contribution is 5.89. The van der Waals surface area contributed by atoms with Crippen LogP contribution in [0.25, 0.3) is 0 Å². The van der Waals surface area contributed by atoms with Gasteiger partial charge in [0.15, 0.2) is 0 Å². The van der Waals surface area contributed by atoms with Crippen molar-refractivity contribution in [2.24, 2.45) is 0 Å². The number of carbonyl (C=O) groups is 2. The minimum atomic E-state index is -0.528. The van der Waals surface area contributed by atoms with Crippen LogP contribution in [0.15, 0.2) is 36.8 Å². The number of rotatable bonds is 6. The highest BCUT2D eigenvalue weighted by atomic mass is 19.1. The maximum atomic E-state index is 14.9. The van der Waals surface area contributed by atoms with Gasteiger partial charge in [-0.3, -0.25) is 24.6 Å². The van der Waals surface area contributed by atoms with Crippen LogP contribution in [0, 0.1) is 5.82 Å². The summed E-state index contributed by atoms with van der Waals surface area (Å²) in [5.41, 5.74) is 2.09. The van der Waals surface area contributed by atoms with E-state index < -0.39 is 12.2 Å². The Hall–Kier alpha value is -3.07. The van der Waals surface area contributed by atoms with Crippen molar-refractivity contribution in [3.8, 4) is 0 Å². The molecule has 8 nitrogen and oxygen atoms in total. The third-order valence-corrected chi connectivity index (χ3v) is 5.78. The first-order valence-corrected chi connectivity index (χ1v) is 10.5. The fourth-order valence-corrected chi connectivity index (χ4v) is 4.15. The van der Waals surface area contributed by atoms with E-state index in [1.165, 1.54) is 17.9 Å². The second kappa shape index (κ2) is 9.38. The van der Waals surface area contributed by atoms with Gasteiger partial charge in [-0.2, -0.15) is 0 Å². The predicted octanol–water partition coefficient (Wildman–Crippen LogP) is 2.46. The maximum absolute atomic E-state index is 14.9. The summed E-state index contributed by atoms with van der Waals surface area (Å²) in [5.74, 6) is -0.346. The Kier molecular flexibility index (Phi) is 6.41. The zero-order valence-electron chi connectivity index (χ0n) is 17.5. The third kappa shape index (κ3) is 5.16. The van der Waals surface area contributed by atoms with E-state index in [0.29, 0.717) is 11.3 Å². The highest BCUT2D eigenvalue weighted by Crippen LogP contribution is 2.33. The average Bonchev–Trinajstić information content (AvgIpc) is 3.14. The molecule has 1 unspecified atom stereocenters. The van der Waals surface area contributed by atoms with Crippen LogP contribution in [-0.4, -0.2) is 59.2 Å². The van der Waals surface area contributed by atoms with Crippen molar-refractivity contribution in [1.82, 2.24) is 20.2 Å².